The van der Waals surface area contributed by atoms with Crippen molar-refractivity contribution in [3.63, 3.8) is 0 Å². The zero-order valence-electron chi connectivity index (χ0n) is 16.0. The van der Waals surface area contributed by atoms with Crippen LogP contribution in [0.15, 0.2) is 24.3 Å². The predicted octanol–water partition coefficient (Wildman–Crippen LogP) is 4.44. The van der Waals surface area contributed by atoms with Gasteiger partial charge in [0, 0.05) is 12.1 Å². The summed E-state index contributed by atoms with van der Waals surface area (Å²) in [5.74, 6) is -0.220. The molecule has 2 unspecified atom stereocenters. The molecule has 0 saturated carbocycles. The summed E-state index contributed by atoms with van der Waals surface area (Å²) in [7, 11) is 0. The van der Waals surface area contributed by atoms with Crippen molar-refractivity contribution in [1.82, 2.24) is 4.90 Å². The average Bonchev–Trinajstić information content (AvgIpc) is 2.51. The highest BCUT2D eigenvalue weighted by atomic mass is 19.1. The van der Waals surface area contributed by atoms with E-state index in [-0.39, 0.29) is 24.0 Å². The molecular formula is C21H30FNO3. The van der Waals surface area contributed by atoms with Gasteiger partial charge in [-0.3, -0.25) is 0 Å². The Labute approximate surface area is 155 Å². The number of ether oxygens (including phenoxy) is 1. The summed E-state index contributed by atoms with van der Waals surface area (Å²) in [6.45, 7) is 5.61. The van der Waals surface area contributed by atoms with Crippen molar-refractivity contribution in [3.8, 4) is 0 Å². The summed E-state index contributed by atoms with van der Waals surface area (Å²) in [6.07, 6.45) is 4.67. The maximum Gasteiger partial charge on any atom is 0.410 e. The molecular weight excluding hydrogens is 333 g/mol. The molecule has 144 valence electrons. The van der Waals surface area contributed by atoms with Gasteiger partial charge in [0.1, 0.15) is 11.4 Å². The molecule has 2 saturated heterocycles. The van der Waals surface area contributed by atoms with E-state index < -0.39 is 11.2 Å². The lowest BCUT2D eigenvalue weighted by Gasteiger charge is -2.51. The molecule has 5 heteroatoms. The Bertz CT molecular complexity index is 641. The Morgan fingerprint density at radius 1 is 1.27 bits per heavy atom. The second-order valence-corrected chi connectivity index (χ2v) is 8.85. The number of piperidine rings is 2. The lowest BCUT2D eigenvalue weighted by molar-refractivity contribution is -0.0956. The molecule has 1 N–H and O–H groups in total. The molecule has 0 aromatic heterocycles. The third-order valence-corrected chi connectivity index (χ3v) is 5.51. The van der Waals surface area contributed by atoms with Gasteiger partial charge < -0.3 is 14.7 Å². The molecule has 26 heavy (non-hydrogen) atoms. The van der Waals surface area contributed by atoms with Gasteiger partial charge in [0.25, 0.3) is 0 Å². The van der Waals surface area contributed by atoms with E-state index in [4.69, 9.17) is 4.74 Å². The van der Waals surface area contributed by atoms with Gasteiger partial charge in [-0.15, -0.1) is 0 Å². The van der Waals surface area contributed by atoms with Crippen LogP contribution in [0.5, 0.6) is 0 Å². The van der Waals surface area contributed by atoms with E-state index in [0.717, 1.165) is 19.3 Å². The topological polar surface area (TPSA) is 49.8 Å². The predicted molar refractivity (Wildman–Crippen MR) is 98.4 cm³/mol. The Balaban J connectivity index is 1.68. The summed E-state index contributed by atoms with van der Waals surface area (Å²) in [6, 6.07) is 6.74. The van der Waals surface area contributed by atoms with Crippen LogP contribution < -0.4 is 0 Å². The fourth-order valence-electron chi connectivity index (χ4n) is 4.41. The van der Waals surface area contributed by atoms with Crippen molar-refractivity contribution >= 4 is 6.09 Å². The number of benzene rings is 1. The third kappa shape index (κ3) is 4.37. The van der Waals surface area contributed by atoms with Crippen LogP contribution in [0.25, 0.3) is 0 Å². The second-order valence-electron chi connectivity index (χ2n) is 8.85. The van der Waals surface area contributed by atoms with Gasteiger partial charge in [0.2, 0.25) is 0 Å². The molecule has 0 aliphatic carbocycles. The highest BCUT2D eigenvalue weighted by molar-refractivity contribution is 5.69. The number of nitrogens with zero attached hydrogens (tertiary/aromatic N) is 1. The number of rotatable bonds is 3. The molecule has 3 rings (SSSR count). The van der Waals surface area contributed by atoms with Crippen LogP contribution >= 0.6 is 0 Å². The molecule has 1 aromatic carbocycles. The number of carbonyl (C=O) groups excluding carboxylic acids is 1. The van der Waals surface area contributed by atoms with Crippen LogP contribution in [0.1, 0.15) is 64.9 Å². The Hall–Kier alpha value is -1.62. The van der Waals surface area contributed by atoms with Crippen molar-refractivity contribution in [2.75, 3.05) is 0 Å². The first-order chi connectivity index (χ1) is 12.2. The number of carbonyl (C=O) groups is 1. The largest absolute Gasteiger partial charge is 0.444 e. The van der Waals surface area contributed by atoms with Gasteiger partial charge in [-0.2, -0.15) is 0 Å². The molecule has 2 fully saturated rings. The molecule has 2 atom stereocenters. The zero-order valence-corrected chi connectivity index (χ0v) is 16.0. The van der Waals surface area contributed by atoms with E-state index in [1.165, 1.54) is 6.07 Å². The van der Waals surface area contributed by atoms with E-state index >= 15 is 0 Å². The highest BCUT2D eigenvalue weighted by Gasteiger charge is 2.48. The molecule has 0 spiro atoms. The number of aliphatic hydroxyl groups is 1. The van der Waals surface area contributed by atoms with E-state index in [1.54, 1.807) is 12.1 Å². The first-order valence-electron chi connectivity index (χ1n) is 9.64. The molecule has 2 bridgehead atoms. The third-order valence-electron chi connectivity index (χ3n) is 5.51. The van der Waals surface area contributed by atoms with E-state index in [9.17, 15) is 14.3 Å². The number of hydrogen-bond acceptors (Lipinski definition) is 3. The maximum atomic E-state index is 13.9. The van der Waals surface area contributed by atoms with Gasteiger partial charge in [-0.05, 0) is 77.3 Å². The second kappa shape index (κ2) is 7.18. The molecule has 2 aliphatic rings. The first-order valence-corrected chi connectivity index (χ1v) is 9.64. The first kappa shape index (κ1) is 19.2. The van der Waals surface area contributed by atoms with E-state index in [2.05, 4.69) is 0 Å². The Morgan fingerprint density at radius 2 is 1.88 bits per heavy atom. The van der Waals surface area contributed by atoms with Crippen LogP contribution in [-0.4, -0.2) is 39.4 Å². The van der Waals surface area contributed by atoms with Crippen molar-refractivity contribution in [2.45, 2.75) is 89.0 Å². The monoisotopic (exact) mass is 363 g/mol. The Morgan fingerprint density at radius 3 is 2.46 bits per heavy atom. The van der Waals surface area contributed by atoms with Crippen molar-refractivity contribution in [1.29, 1.82) is 0 Å². The quantitative estimate of drug-likeness (QED) is 0.864. The molecule has 2 aliphatic heterocycles. The highest BCUT2D eigenvalue weighted by Crippen LogP contribution is 2.42. The average molecular weight is 363 g/mol. The lowest BCUT2D eigenvalue weighted by atomic mass is 9.73. The minimum Gasteiger partial charge on any atom is -0.444 e. The molecule has 4 nitrogen and oxygen atoms in total. The summed E-state index contributed by atoms with van der Waals surface area (Å²) in [5.41, 5.74) is -0.735. The summed E-state index contributed by atoms with van der Waals surface area (Å²) in [4.78, 5) is 14.5. The van der Waals surface area contributed by atoms with Gasteiger partial charge in [0.15, 0.2) is 0 Å². The fourth-order valence-corrected chi connectivity index (χ4v) is 4.41. The summed E-state index contributed by atoms with van der Waals surface area (Å²) in [5, 5.41) is 11.2. The van der Waals surface area contributed by atoms with Crippen LogP contribution in [0.4, 0.5) is 9.18 Å². The van der Waals surface area contributed by atoms with Crippen LogP contribution in [0, 0.1) is 5.82 Å². The van der Waals surface area contributed by atoms with Crippen molar-refractivity contribution in [2.24, 2.45) is 0 Å². The maximum absolute atomic E-state index is 13.9. The molecule has 0 radical (unpaired) electrons. The van der Waals surface area contributed by atoms with Gasteiger partial charge in [0.05, 0.1) is 5.60 Å². The number of hydrogen-bond donors (Lipinski definition) is 1. The van der Waals surface area contributed by atoms with E-state index in [1.807, 2.05) is 31.7 Å². The lowest BCUT2D eigenvalue weighted by Crippen LogP contribution is -2.60. The minimum atomic E-state index is -0.851. The number of amides is 1. The number of fused-ring (bicyclic) bond motifs is 2. The number of halogens is 1. The van der Waals surface area contributed by atoms with Gasteiger partial charge in [-0.1, -0.05) is 18.2 Å². The molecule has 1 aromatic rings. The fraction of sp³-hybridized carbons (Fsp3) is 0.667. The molecule has 1 amide bonds. The Kier molecular flexibility index (Phi) is 5.29. The van der Waals surface area contributed by atoms with Crippen LogP contribution in [-0.2, 0) is 11.2 Å². The SMILES string of the molecule is CC(C)(C)OC(=O)N1C2CCCC1CC(O)(CCc1ccccc1F)C2. The van der Waals surface area contributed by atoms with Gasteiger partial charge >= 0.3 is 6.09 Å². The van der Waals surface area contributed by atoms with E-state index in [0.29, 0.717) is 31.2 Å². The summed E-state index contributed by atoms with van der Waals surface area (Å²) >= 11 is 0. The van der Waals surface area contributed by atoms with Crippen LogP contribution in [0.3, 0.4) is 0 Å². The molecule has 2 heterocycles. The normalized spacial score (nSPS) is 28.7. The van der Waals surface area contributed by atoms with Crippen LogP contribution in [0.2, 0.25) is 0 Å². The summed E-state index contributed by atoms with van der Waals surface area (Å²) < 4.78 is 19.5. The smallest absolute Gasteiger partial charge is 0.410 e. The standard InChI is InChI=1S/C21H30FNO3/c1-20(2,3)26-19(24)23-16-8-6-9-17(23)14-21(25,13-16)12-11-15-7-4-5-10-18(15)22/h4-5,7,10,16-17,25H,6,8-9,11-14H2,1-3H3. The number of aryl methyl sites for hydroxylation is 1. The van der Waals surface area contributed by atoms with Crippen molar-refractivity contribution < 1.29 is 19.0 Å². The minimum absolute atomic E-state index is 0.00275. The van der Waals surface area contributed by atoms with Gasteiger partial charge in [-0.25, -0.2) is 9.18 Å². The van der Waals surface area contributed by atoms with Crippen molar-refractivity contribution in [3.05, 3.63) is 35.6 Å². The zero-order chi connectivity index (χ0) is 18.9.